The smallest absolute Gasteiger partial charge is 0.211 e. The Morgan fingerprint density at radius 3 is 2.40 bits per heavy atom. The van der Waals surface area contributed by atoms with Gasteiger partial charge in [-0.3, -0.25) is 0 Å². The Labute approximate surface area is 104 Å². The van der Waals surface area contributed by atoms with Crippen molar-refractivity contribution in [1.29, 1.82) is 0 Å². The molecule has 15 heavy (non-hydrogen) atoms. The maximum absolute atomic E-state index is 11.7. The van der Waals surface area contributed by atoms with E-state index in [1.807, 2.05) is 6.92 Å². The summed E-state index contributed by atoms with van der Waals surface area (Å²) in [6.45, 7) is 2.53. The summed E-state index contributed by atoms with van der Waals surface area (Å²) >= 11 is 2.14. The molecule has 1 aromatic rings. The fourth-order valence-electron chi connectivity index (χ4n) is 1.08. The molecule has 0 spiro atoms. The summed E-state index contributed by atoms with van der Waals surface area (Å²) in [7, 11) is -3.30. The lowest BCUT2D eigenvalue weighted by molar-refractivity contribution is 0.578. The first-order chi connectivity index (χ1) is 7.06. The molecule has 0 unspecified atom stereocenters. The van der Waals surface area contributed by atoms with E-state index in [1.54, 1.807) is 24.3 Å². The van der Waals surface area contributed by atoms with Gasteiger partial charge in [-0.2, -0.15) is 0 Å². The molecule has 0 amide bonds. The van der Waals surface area contributed by atoms with E-state index < -0.39 is 10.0 Å². The molecule has 0 radical (unpaired) electrons. The molecule has 1 N–H and O–H groups in total. The largest absolute Gasteiger partial charge is 0.240 e. The standard InChI is InChI=1S/C10H14INO2S/c1-2-3-8-12-15(13,14)10-6-4-9(11)5-7-10/h4-7,12H,2-3,8H2,1H3. The number of halogens is 1. The number of unbranched alkanes of at least 4 members (excludes halogenated alkanes) is 1. The minimum absolute atomic E-state index is 0.332. The molecule has 0 aliphatic carbocycles. The molecule has 1 aromatic carbocycles. The molecule has 0 heterocycles. The zero-order valence-corrected chi connectivity index (χ0v) is 11.5. The van der Waals surface area contributed by atoms with Crippen LogP contribution in [0.4, 0.5) is 0 Å². The molecule has 0 aliphatic rings. The number of nitrogens with one attached hydrogen (secondary N) is 1. The van der Waals surface area contributed by atoms with Gasteiger partial charge in [0.2, 0.25) is 10.0 Å². The van der Waals surface area contributed by atoms with Crippen molar-refractivity contribution >= 4 is 32.6 Å². The molecule has 5 heteroatoms. The number of hydrogen-bond acceptors (Lipinski definition) is 2. The number of benzene rings is 1. The molecule has 3 nitrogen and oxygen atoms in total. The lowest BCUT2D eigenvalue weighted by Gasteiger charge is -2.05. The lowest BCUT2D eigenvalue weighted by Crippen LogP contribution is -2.24. The molecular weight excluding hydrogens is 325 g/mol. The van der Waals surface area contributed by atoms with Gasteiger partial charge in [-0.25, -0.2) is 13.1 Å². The fraction of sp³-hybridized carbons (Fsp3) is 0.400. The molecule has 0 aliphatic heterocycles. The Kier molecular flexibility index (Phi) is 5.01. The molecule has 0 saturated carbocycles. The van der Waals surface area contributed by atoms with Gasteiger partial charge in [-0.1, -0.05) is 13.3 Å². The van der Waals surface area contributed by atoms with Crippen molar-refractivity contribution < 1.29 is 8.42 Å². The third-order valence-corrected chi connectivity index (χ3v) is 4.14. The van der Waals surface area contributed by atoms with Gasteiger partial charge in [-0.05, 0) is 53.3 Å². The monoisotopic (exact) mass is 339 g/mol. The molecule has 0 fully saturated rings. The highest BCUT2D eigenvalue weighted by molar-refractivity contribution is 14.1. The number of sulfonamides is 1. The summed E-state index contributed by atoms with van der Waals surface area (Å²) in [4.78, 5) is 0.332. The summed E-state index contributed by atoms with van der Waals surface area (Å²) in [5, 5.41) is 0. The van der Waals surface area contributed by atoms with Crippen LogP contribution in [0, 0.1) is 3.57 Å². The minimum Gasteiger partial charge on any atom is -0.211 e. The van der Waals surface area contributed by atoms with E-state index in [9.17, 15) is 8.42 Å². The zero-order chi connectivity index (χ0) is 11.3. The van der Waals surface area contributed by atoms with Gasteiger partial charge >= 0.3 is 0 Å². The van der Waals surface area contributed by atoms with Crippen molar-refractivity contribution in [3.63, 3.8) is 0 Å². The summed E-state index contributed by atoms with van der Waals surface area (Å²) in [5.41, 5.74) is 0. The first-order valence-corrected chi connectivity index (χ1v) is 7.37. The van der Waals surface area contributed by atoms with Gasteiger partial charge in [0.05, 0.1) is 4.90 Å². The van der Waals surface area contributed by atoms with Crippen molar-refractivity contribution in [1.82, 2.24) is 4.72 Å². The number of hydrogen-bond donors (Lipinski definition) is 1. The topological polar surface area (TPSA) is 46.2 Å². The maximum atomic E-state index is 11.7. The lowest BCUT2D eigenvalue weighted by atomic mass is 10.3. The van der Waals surface area contributed by atoms with Crippen LogP contribution in [0.5, 0.6) is 0 Å². The van der Waals surface area contributed by atoms with Gasteiger partial charge in [0.25, 0.3) is 0 Å². The van der Waals surface area contributed by atoms with Crippen molar-refractivity contribution in [2.45, 2.75) is 24.7 Å². The van der Waals surface area contributed by atoms with E-state index in [1.165, 1.54) is 0 Å². The second kappa shape index (κ2) is 5.81. The minimum atomic E-state index is -3.30. The van der Waals surface area contributed by atoms with E-state index >= 15 is 0 Å². The van der Waals surface area contributed by atoms with Gasteiger partial charge < -0.3 is 0 Å². The molecule has 0 bridgehead atoms. The van der Waals surface area contributed by atoms with Crippen LogP contribution in [0.2, 0.25) is 0 Å². The fourth-order valence-corrected chi connectivity index (χ4v) is 2.51. The SMILES string of the molecule is CCCCNS(=O)(=O)c1ccc(I)cc1. The predicted octanol–water partition coefficient (Wildman–Crippen LogP) is 2.37. The number of rotatable bonds is 5. The van der Waals surface area contributed by atoms with Crippen LogP contribution in [0.3, 0.4) is 0 Å². The molecule has 84 valence electrons. The van der Waals surface area contributed by atoms with Gasteiger partial charge in [0.1, 0.15) is 0 Å². The van der Waals surface area contributed by atoms with Crippen LogP contribution >= 0.6 is 22.6 Å². The highest BCUT2D eigenvalue weighted by Gasteiger charge is 2.11. The van der Waals surface area contributed by atoms with E-state index in [0.29, 0.717) is 11.4 Å². The highest BCUT2D eigenvalue weighted by Crippen LogP contribution is 2.11. The Bertz CT molecular complexity index is 400. The van der Waals surface area contributed by atoms with Gasteiger partial charge in [0, 0.05) is 10.1 Å². The van der Waals surface area contributed by atoms with Crippen LogP contribution in [-0.4, -0.2) is 15.0 Å². The normalized spacial score (nSPS) is 11.6. The molecule has 0 atom stereocenters. The second-order valence-electron chi connectivity index (χ2n) is 3.21. The van der Waals surface area contributed by atoms with Crippen LogP contribution in [0.1, 0.15) is 19.8 Å². The van der Waals surface area contributed by atoms with Crippen LogP contribution in [-0.2, 0) is 10.0 Å². The quantitative estimate of drug-likeness (QED) is 0.661. The molecule has 1 rings (SSSR count). The Morgan fingerprint density at radius 1 is 1.27 bits per heavy atom. The van der Waals surface area contributed by atoms with Crippen molar-refractivity contribution in [3.05, 3.63) is 27.8 Å². The summed E-state index contributed by atoms with van der Waals surface area (Å²) < 4.78 is 27.0. The average Bonchev–Trinajstić information content (AvgIpc) is 2.18. The van der Waals surface area contributed by atoms with E-state index in [-0.39, 0.29) is 0 Å². The first-order valence-electron chi connectivity index (χ1n) is 4.81. The third kappa shape index (κ3) is 4.08. The molecular formula is C10H14INO2S. The first kappa shape index (κ1) is 12.9. The average molecular weight is 339 g/mol. The van der Waals surface area contributed by atoms with Crippen molar-refractivity contribution in [3.8, 4) is 0 Å². The van der Waals surface area contributed by atoms with Gasteiger partial charge in [-0.15, -0.1) is 0 Å². The highest BCUT2D eigenvalue weighted by atomic mass is 127. The van der Waals surface area contributed by atoms with E-state index in [4.69, 9.17) is 0 Å². The Hall–Kier alpha value is -0.140. The Balaban J connectivity index is 2.73. The summed E-state index contributed by atoms with van der Waals surface area (Å²) in [5.74, 6) is 0. The van der Waals surface area contributed by atoms with Crippen LogP contribution in [0.15, 0.2) is 29.2 Å². The predicted molar refractivity (Wildman–Crippen MR) is 69.3 cm³/mol. The van der Waals surface area contributed by atoms with Gasteiger partial charge in [0.15, 0.2) is 0 Å². The summed E-state index contributed by atoms with van der Waals surface area (Å²) in [6, 6.07) is 6.82. The second-order valence-corrected chi connectivity index (χ2v) is 6.22. The van der Waals surface area contributed by atoms with Crippen molar-refractivity contribution in [2.24, 2.45) is 0 Å². The van der Waals surface area contributed by atoms with E-state index in [0.717, 1.165) is 16.4 Å². The molecule has 0 aromatic heterocycles. The van der Waals surface area contributed by atoms with Crippen molar-refractivity contribution in [2.75, 3.05) is 6.54 Å². The van der Waals surface area contributed by atoms with Crippen LogP contribution in [0.25, 0.3) is 0 Å². The van der Waals surface area contributed by atoms with E-state index in [2.05, 4.69) is 27.3 Å². The Morgan fingerprint density at radius 2 is 1.87 bits per heavy atom. The maximum Gasteiger partial charge on any atom is 0.240 e. The molecule has 0 saturated heterocycles. The van der Waals surface area contributed by atoms with Crippen LogP contribution < -0.4 is 4.72 Å². The zero-order valence-electron chi connectivity index (χ0n) is 8.53. The third-order valence-electron chi connectivity index (χ3n) is 1.95. The summed E-state index contributed by atoms with van der Waals surface area (Å²) in [6.07, 6.45) is 1.85.